The van der Waals surface area contributed by atoms with Crippen LogP contribution in [0.1, 0.15) is 30.2 Å². The minimum absolute atomic E-state index is 0.0214. The summed E-state index contributed by atoms with van der Waals surface area (Å²) >= 11 is 1.59. The molecule has 1 aliphatic rings. The molecule has 3 heterocycles. The van der Waals surface area contributed by atoms with Gasteiger partial charge in [0.2, 0.25) is 5.91 Å². The Morgan fingerprint density at radius 1 is 1.35 bits per heavy atom. The third-order valence-electron chi connectivity index (χ3n) is 4.27. The number of hydrogen-bond acceptors (Lipinski definition) is 5. The average molecular weight is 324 g/mol. The molecule has 0 spiro atoms. The number of carbonyl (C=O) groups is 1. The number of amidine groups is 1. The van der Waals surface area contributed by atoms with Gasteiger partial charge in [-0.15, -0.1) is 11.3 Å². The number of nitriles is 1. The van der Waals surface area contributed by atoms with Gasteiger partial charge in [-0.3, -0.25) is 15.2 Å². The molecular formula is C17H16N4OS. The molecule has 1 fully saturated rings. The predicted octanol–water partition coefficient (Wildman–Crippen LogP) is 3.17. The molecule has 1 saturated heterocycles. The number of rotatable bonds is 2. The lowest BCUT2D eigenvalue weighted by molar-refractivity contribution is -0.128. The molecule has 5 nitrogen and oxygen atoms in total. The standard InChI is InChI=1S/C17H16N4OS/c1-17(5-15(19)21(2)16(22)6-17)14-4-13(10-23-14)12-3-11(7-18)8-20-9-12/h3-4,8-10,19H,5-6H2,1-2H3/t17-/m0/s1. The van der Waals surface area contributed by atoms with Crippen LogP contribution in [0, 0.1) is 16.7 Å². The summed E-state index contributed by atoms with van der Waals surface area (Å²) in [5, 5.41) is 19.0. The SMILES string of the molecule is CN1C(=N)C[C@](C)(c2cc(-c3cncc(C#N)c3)cs2)CC1=O. The number of likely N-dealkylation sites (tertiary alicyclic amines) is 1. The molecule has 6 heteroatoms. The summed E-state index contributed by atoms with van der Waals surface area (Å²) in [5.74, 6) is 0.332. The van der Waals surface area contributed by atoms with Crippen molar-refractivity contribution in [2.75, 3.05) is 7.05 Å². The Hall–Kier alpha value is -2.52. The van der Waals surface area contributed by atoms with Gasteiger partial charge >= 0.3 is 0 Å². The van der Waals surface area contributed by atoms with Crippen LogP contribution in [0.2, 0.25) is 0 Å². The van der Waals surface area contributed by atoms with Crippen LogP contribution in [-0.2, 0) is 10.2 Å². The molecule has 0 saturated carbocycles. The second kappa shape index (κ2) is 5.60. The van der Waals surface area contributed by atoms with E-state index in [0.717, 1.165) is 16.0 Å². The maximum absolute atomic E-state index is 12.1. The third kappa shape index (κ3) is 2.76. The summed E-state index contributed by atoms with van der Waals surface area (Å²) in [5.41, 5.74) is 2.07. The van der Waals surface area contributed by atoms with Crippen molar-refractivity contribution in [2.24, 2.45) is 0 Å². The van der Waals surface area contributed by atoms with Crippen LogP contribution >= 0.6 is 11.3 Å². The highest BCUT2D eigenvalue weighted by Gasteiger charge is 2.39. The van der Waals surface area contributed by atoms with E-state index in [9.17, 15) is 4.79 Å². The fourth-order valence-corrected chi connectivity index (χ4v) is 3.87. The predicted molar refractivity (Wildman–Crippen MR) is 89.3 cm³/mol. The van der Waals surface area contributed by atoms with Gasteiger partial charge in [0.1, 0.15) is 11.9 Å². The lowest BCUT2D eigenvalue weighted by Crippen LogP contribution is -2.46. The Labute approximate surface area is 138 Å². The maximum atomic E-state index is 12.1. The molecule has 1 aliphatic heterocycles. The normalized spacial score (nSPS) is 21.3. The molecule has 0 aliphatic carbocycles. The summed E-state index contributed by atoms with van der Waals surface area (Å²) in [6.45, 7) is 2.03. The molecular weight excluding hydrogens is 308 g/mol. The van der Waals surface area contributed by atoms with Gasteiger partial charge in [-0.05, 0) is 23.1 Å². The first-order valence-corrected chi connectivity index (χ1v) is 8.09. The van der Waals surface area contributed by atoms with Crippen LogP contribution < -0.4 is 0 Å². The molecule has 2 aromatic heterocycles. The van der Waals surface area contributed by atoms with Crippen molar-refractivity contribution in [2.45, 2.75) is 25.2 Å². The first-order valence-electron chi connectivity index (χ1n) is 7.21. The molecule has 23 heavy (non-hydrogen) atoms. The zero-order valence-corrected chi connectivity index (χ0v) is 13.8. The van der Waals surface area contributed by atoms with E-state index in [4.69, 9.17) is 10.7 Å². The average Bonchev–Trinajstić information content (AvgIpc) is 3.03. The van der Waals surface area contributed by atoms with Gasteiger partial charge in [-0.25, -0.2) is 0 Å². The lowest BCUT2D eigenvalue weighted by Gasteiger charge is -2.36. The molecule has 0 bridgehead atoms. The second-order valence-electron chi connectivity index (χ2n) is 6.09. The Balaban J connectivity index is 1.94. The van der Waals surface area contributed by atoms with Gasteiger partial charge < -0.3 is 4.90 Å². The lowest BCUT2D eigenvalue weighted by atomic mass is 9.78. The summed E-state index contributed by atoms with van der Waals surface area (Å²) in [7, 11) is 1.66. The number of hydrogen-bond donors (Lipinski definition) is 1. The van der Waals surface area contributed by atoms with E-state index in [1.807, 2.05) is 18.4 Å². The number of aromatic nitrogens is 1. The van der Waals surface area contributed by atoms with Crippen LogP contribution in [0.15, 0.2) is 29.9 Å². The van der Waals surface area contributed by atoms with Crippen molar-refractivity contribution in [3.63, 3.8) is 0 Å². The number of thiophene rings is 1. The summed E-state index contributed by atoms with van der Waals surface area (Å²) in [6.07, 6.45) is 4.22. The van der Waals surface area contributed by atoms with Crippen LogP contribution in [0.4, 0.5) is 0 Å². The van der Waals surface area contributed by atoms with E-state index in [1.54, 1.807) is 24.6 Å². The highest BCUT2D eigenvalue weighted by Crippen LogP contribution is 2.41. The Kier molecular flexibility index (Phi) is 3.74. The molecule has 0 aromatic carbocycles. The van der Waals surface area contributed by atoms with E-state index < -0.39 is 0 Å². The van der Waals surface area contributed by atoms with Gasteiger partial charge in [0.25, 0.3) is 0 Å². The fourth-order valence-electron chi connectivity index (χ4n) is 2.79. The first-order chi connectivity index (χ1) is 10.9. The number of amides is 1. The number of pyridine rings is 1. The topological polar surface area (TPSA) is 80.8 Å². The molecule has 116 valence electrons. The summed E-state index contributed by atoms with van der Waals surface area (Å²) in [6, 6.07) is 5.95. The van der Waals surface area contributed by atoms with E-state index in [2.05, 4.69) is 17.1 Å². The Morgan fingerprint density at radius 3 is 2.83 bits per heavy atom. The van der Waals surface area contributed by atoms with Gasteiger partial charge in [-0.2, -0.15) is 5.26 Å². The molecule has 1 amide bonds. The van der Waals surface area contributed by atoms with Crippen molar-refractivity contribution in [3.8, 4) is 17.2 Å². The Bertz CT molecular complexity index is 815. The maximum Gasteiger partial charge on any atom is 0.228 e. The largest absolute Gasteiger partial charge is 0.304 e. The van der Waals surface area contributed by atoms with E-state index >= 15 is 0 Å². The van der Waals surface area contributed by atoms with Gasteiger partial charge in [0.15, 0.2) is 0 Å². The quantitative estimate of drug-likeness (QED) is 0.921. The molecule has 0 unspecified atom stereocenters. The molecule has 1 atom stereocenters. The monoisotopic (exact) mass is 324 g/mol. The van der Waals surface area contributed by atoms with Crippen LogP contribution in [-0.4, -0.2) is 28.7 Å². The van der Waals surface area contributed by atoms with E-state index in [-0.39, 0.29) is 11.3 Å². The number of carbonyl (C=O) groups excluding carboxylic acids is 1. The minimum atomic E-state index is -0.343. The number of nitrogens with one attached hydrogen (secondary N) is 1. The van der Waals surface area contributed by atoms with Crippen molar-refractivity contribution in [1.82, 2.24) is 9.88 Å². The zero-order chi connectivity index (χ0) is 16.6. The highest BCUT2D eigenvalue weighted by molar-refractivity contribution is 7.10. The fraction of sp³-hybridized carbons (Fsp3) is 0.294. The molecule has 0 radical (unpaired) electrons. The highest BCUT2D eigenvalue weighted by atomic mass is 32.1. The molecule has 2 aromatic rings. The zero-order valence-electron chi connectivity index (χ0n) is 13.0. The first kappa shape index (κ1) is 15.4. The summed E-state index contributed by atoms with van der Waals surface area (Å²) < 4.78 is 0. The van der Waals surface area contributed by atoms with Crippen LogP contribution in [0.25, 0.3) is 11.1 Å². The third-order valence-corrected chi connectivity index (χ3v) is 5.51. The van der Waals surface area contributed by atoms with Crippen molar-refractivity contribution >= 4 is 23.1 Å². The molecule has 1 N–H and O–H groups in total. The van der Waals surface area contributed by atoms with Gasteiger partial charge in [0.05, 0.1) is 5.56 Å². The number of piperidine rings is 1. The van der Waals surface area contributed by atoms with Crippen molar-refractivity contribution in [3.05, 3.63) is 40.3 Å². The van der Waals surface area contributed by atoms with E-state index in [0.29, 0.717) is 24.2 Å². The minimum Gasteiger partial charge on any atom is -0.304 e. The second-order valence-corrected chi connectivity index (χ2v) is 7.00. The van der Waals surface area contributed by atoms with Gasteiger partial charge in [-0.1, -0.05) is 6.92 Å². The van der Waals surface area contributed by atoms with Gasteiger partial charge in [0, 0.05) is 48.1 Å². The Morgan fingerprint density at radius 2 is 2.13 bits per heavy atom. The summed E-state index contributed by atoms with van der Waals surface area (Å²) in [4.78, 5) is 18.7. The van der Waals surface area contributed by atoms with Crippen LogP contribution in [0.5, 0.6) is 0 Å². The van der Waals surface area contributed by atoms with Crippen LogP contribution in [0.3, 0.4) is 0 Å². The van der Waals surface area contributed by atoms with E-state index in [1.165, 1.54) is 11.1 Å². The number of nitrogens with zero attached hydrogens (tertiary/aromatic N) is 3. The van der Waals surface area contributed by atoms with Crippen molar-refractivity contribution < 1.29 is 4.79 Å². The smallest absolute Gasteiger partial charge is 0.228 e. The van der Waals surface area contributed by atoms with Crippen molar-refractivity contribution in [1.29, 1.82) is 10.7 Å². The molecule has 3 rings (SSSR count).